The van der Waals surface area contributed by atoms with E-state index in [-0.39, 0.29) is 12.6 Å². The van der Waals surface area contributed by atoms with E-state index in [0.717, 1.165) is 22.6 Å². The number of anilines is 1. The summed E-state index contributed by atoms with van der Waals surface area (Å²) < 4.78 is 0. The van der Waals surface area contributed by atoms with Crippen molar-refractivity contribution in [3.63, 3.8) is 0 Å². The van der Waals surface area contributed by atoms with E-state index in [2.05, 4.69) is 48.2 Å². The third kappa shape index (κ3) is 3.61. The van der Waals surface area contributed by atoms with Gasteiger partial charge in [0.1, 0.15) is 5.82 Å². The largest absolute Gasteiger partial charge is 0.394 e. The first-order valence-corrected chi connectivity index (χ1v) is 7.40. The monoisotopic (exact) mass is 288 g/mol. The van der Waals surface area contributed by atoms with Gasteiger partial charge in [0.25, 0.3) is 0 Å². The minimum Gasteiger partial charge on any atom is -0.394 e. The molecule has 21 heavy (non-hydrogen) atoms. The van der Waals surface area contributed by atoms with Gasteiger partial charge in [0.15, 0.2) is 0 Å². The molecule has 2 heterocycles. The van der Waals surface area contributed by atoms with Crippen molar-refractivity contribution in [3.05, 3.63) is 30.2 Å². The van der Waals surface area contributed by atoms with Crippen LogP contribution in [0.25, 0.3) is 11.1 Å². The Morgan fingerprint density at radius 3 is 2.67 bits per heavy atom. The summed E-state index contributed by atoms with van der Waals surface area (Å²) in [6.45, 7) is 8.51. The summed E-state index contributed by atoms with van der Waals surface area (Å²) >= 11 is 0. The number of hydrogen-bond acceptors (Lipinski definition) is 4. The fourth-order valence-electron chi connectivity index (χ4n) is 2.26. The first-order chi connectivity index (χ1) is 10.0. The van der Waals surface area contributed by atoms with Crippen LogP contribution in [-0.4, -0.2) is 32.9 Å². The van der Waals surface area contributed by atoms with Crippen molar-refractivity contribution < 1.29 is 5.11 Å². The molecule has 0 spiro atoms. The molecule has 5 heteroatoms. The Kier molecular flexibility index (Phi) is 4.96. The molecule has 5 nitrogen and oxygen atoms in total. The molecule has 0 saturated carbocycles. The molecular weight excluding hydrogens is 264 g/mol. The minimum absolute atomic E-state index is 0.00155. The van der Waals surface area contributed by atoms with Crippen LogP contribution in [0.3, 0.4) is 0 Å². The van der Waals surface area contributed by atoms with Crippen molar-refractivity contribution >= 4 is 5.82 Å². The van der Waals surface area contributed by atoms with Crippen molar-refractivity contribution in [1.82, 2.24) is 15.2 Å². The lowest BCUT2D eigenvalue weighted by Gasteiger charge is -2.20. The van der Waals surface area contributed by atoms with Crippen LogP contribution >= 0.6 is 0 Å². The summed E-state index contributed by atoms with van der Waals surface area (Å²) in [5, 5.41) is 19.9. The zero-order chi connectivity index (χ0) is 15.4. The number of aliphatic hydroxyl groups is 1. The molecule has 0 aliphatic heterocycles. The molecule has 0 saturated heterocycles. The van der Waals surface area contributed by atoms with Gasteiger partial charge in [0.05, 0.1) is 18.8 Å². The van der Waals surface area contributed by atoms with Crippen molar-refractivity contribution in [1.29, 1.82) is 0 Å². The molecule has 0 aromatic carbocycles. The average Bonchev–Trinajstić information content (AvgIpc) is 2.94. The maximum Gasteiger partial charge on any atom is 0.126 e. The van der Waals surface area contributed by atoms with Gasteiger partial charge in [-0.2, -0.15) is 5.10 Å². The third-order valence-electron chi connectivity index (χ3n) is 3.65. The van der Waals surface area contributed by atoms with Crippen LogP contribution in [0.1, 0.15) is 39.3 Å². The number of aliphatic hydroxyl groups excluding tert-OH is 1. The summed E-state index contributed by atoms with van der Waals surface area (Å²) in [5.41, 5.74) is 3.29. The van der Waals surface area contributed by atoms with Gasteiger partial charge in [0, 0.05) is 17.5 Å². The van der Waals surface area contributed by atoms with E-state index in [0.29, 0.717) is 11.8 Å². The number of H-pyrrole nitrogens is 1. The van der Waals surface area contributed by atoms with Gasteiger partial charge in [-0.05, 0) is 29.5 Å². The number of rotatable bonds is 6. The number of pyridine rings is 1. The summed E-state index contributed by atoms with van der Waals surface area (Å²) in [6, 6.07) is 3.98. The fraction of sp³-hybridized carbons (Fsp3) is 0.500. The van der Waals surface area contributed by atoms with E-state index in [1.165, 1.54) is 0 Å². The molecule has 3 N–H and O–H groups in total. The number of hydrogen-bond donors (Lipinski definition) is 3. The Labute approximate surface area is 125 Å². The molecule has 0 aliphatic carbocycles. The highest BCUT2D eigenvalue weighted by atomic mass is 16.3. The fourth-order valence-corrected chi connectivity index (χ4v) is 2.26. The standard InChI is InChI=1S/C16H24N4O/c1-10(2)14(9-21)19-15-7-12(5-6-17-15)13-8-18-20-16(13)11(3)4/h5-8,10-11,14,21H,9H2,1-4H3,(H,17,19)(H,18,20). The quantitative estimate of drug-likeness (QED) is 0.764. The van der Waals surface area contributed by atoms with Crippen LogP contribution in [0.5, 0.6) is 0 Å². The van der Waals surface area contributed by atoms with Gasteiger partial charge < -0.3 is 10.4 Å². The van der Waals surface area contributed by atoms with Crippen LogP contribution < -0.4 is 5.32 Å². The van der Waals surface area contributed by atoms with Crippen molar-refractivity contribution in [2.75, 3.05) is 11.9 Å². The van der Waals surface area contributed by atoms with E-state index in [1.807, 2.05) is 18.3 Å². The minimum atomic E-state index is 0.00155. The zero-order valence-electron chi connectivity index (χ0n) is 13.1. The first kappa shape index (κ1) is 15.5. The molecule has 2 aromatic rings. The van der Waals surface area contributed by atoms with E-state index in [9.17, 15) is 5.11 Å². The molecule has 2 rings (SSSR count). The average molecular weight is 288 g/mol. The molecule has 0 aliphatic rings. The molecule has 1 unspecified atom stereocenters. The van der Waals surface area contributed by atoms with Gasteiger partial charge in [-0.15, -0.1) is 0 Å². The van der Waals surface area contributed by atoms with E-state index >= 15 is 0 Å². The van der Waals surface area contributed by atoms with Crippen LogP contribution in [0.15, 0.2) is 24.5 Å². The predicted octanol–water partition coefficient (Wildman–Crippen LogP) is 3.02. The second kappa shape index (κ2) is 6.72. The lowest BCUT2D eigenvalue weighted by atomic mass is 10.0. The highest BCUT2D eigenvalue weighted by molar-refractivity contribution is 5.68. The van der Waals surface area contributed by atoms with Gasteiger partial charge in [-0.1, -0.05) is 27.7 Å². The van der Waals surface area contributed by atoms with Gasteiger partial charge in [-0.3, -0.25) is 5.10 Å². The topological polar surface area (TPSA) is 73.8 Å². The highest BCUT2D eigenvalue weighted by Gasteiger charge is 2.14. The lowest BCUT2D eigenvalue weighted by Crippen LogP contribution is -2.29. The van der Waals surface area contributed by atoms with Gasteiger partial charge in [-0.25, -0.2) is 4.98 Å². The normalized spacial score (nSPS) is 12.9. The lowest BCUT2D eigenvalue weighted by molar-refractivity contribution is 0.249. The Bertz CT molecular complexity index is 577. The summed E-state index contributed by atoms with van der Waals surface area (Å²) in [4.78, 5) is 4.34. The zero-order valence-corrected chi connectivity index (χ0v) is 13.1. The maximum atomic E-state index is 9.42. The Hall–Kier alpha value is -1.88. The molecule has 2 aromatic heterocycles. The maximum absolute atomic E-state index is 9.42. The van der Waals surface area contributed by atoms with Crippen LogP contribution in [0, 0.1) is 5.92 Å². The molecule has 0 amide bonds. The molecule has 114 valence electrons. The van der Waals surface area contributed by atoms with Gasteiger partial charge in [0.2, 0.25) is 0 Å². The Balaban J connectivity index is 2.27. The molecule has 1 atom stereocenters. The van der Waals surface area contributed by atoms with Crippen molar-refractivity contribution in [2.45, 2.75) is 39.7 Å². The summed E-state index contributed by atoms with van der Waals surface area (Å²) in [6.07, 6.45) is 3.63. The number of nitrogens with one attached hydrogen (secondary N) is 2. The van der Waals surface area contributed by atoms with E-state index < -0.39 is 0 Å². The van der Waals surface area contributed by atoms with Crippen molar-refractivity contribution in [3.8, 4) is 11.1 Å². The van der Waals surface area contributed by atoms with Crippen LogP contribution in [0.4, 0.5) is 5.82 Å². The summed E-state index contributed by atoms with van der Waals surface area (Å²) in [5.74, 6) is 1.49. The summed E-state index contributed by atoms with van der Waals surface area (Å²) in [7, 11) is 0. The van der Waals surface area contributed by atoms with E-state index in [1.54, 1.807) is 6.20 Å². The predicted molar refractivity (Wildman–Crippen MR) is 85.2 cm³/mol. The SMILES string of the molecule is CC(C)c1[nH]ncc1-c1ccnc(NC(CO)C(C)C)c1. The third-order valence-corrected chi connectivity index (χ3v) is 3.65. The number of nitrogens with zero attached hydrogens (tertiary/aromatic N) is 2. The smallest absolute Gasteiger partial charge is 0.126 e. The second-order valence-electron chi connectivity index (χ2n) is 5.96. The molecule has 0 radical (unpaired) electrons. The van der Waals surface area contributed by atoms with Crippen LogP contribution in [-0.2, 0) is 0 Å². The molecule has 0 bridgehead atoms. The second-order valence-corrected chi connectivity index (χ2v) is 5.96. The van der Waals surface area contributed by atoms with Crippen molar-refractivity contribution in [2.24, 2.45) is 5.92 Å². The first-order valence-electron chi connectivity index (χ1n) is 7.40. The van der Waals surface area contributed by atoms with Crippen LogP contribution in [0.2, 0.25) is 0 Å². The number of aromatic amines is 1. The Morgan fingerprint density at radius 1 is 1.29 bits per heavy atom. The molecular formula is C16H24N4O. The Morgan fingerprint density at radius 2 is 2.05 bits per heavy atom. The highest BCUT2D eigenvalue weighted by Crippen LogP contribution is 2.28. The molecule has 0 fully saturated rings. The van der Waals surface area contributed by atoms with E-state index in [4.69, 9.17) is 0 Å². The van der Waals surface area contributed by atoms with Gasteiger partial charge >= 0.3 is 0 Å². The number of aromatic nitrogens is 3.